The van der Waals surface area contributed by atoms with Gasteiger partial charge in [0.25, 0.3) is 11.5 Å². The van der Waals surface area contributed by atoms with Crippen molar-refractivity contribution in [3.05, 3.63) is 64.3 Å². The molecule has 0 fully saturated rings. The van der Waals surface area contributed by atoms with Crippen LogP contribution in [0, 0.1) is 0 Å². The summed E-state index contributed by atoms with van der Waals surface area (Å²) in [5, 5.41) is 3.78. The van der Waals surface area contributed by atoms with E-state index in [0.29, 0.717) is 0 Å². The molecule has 0 spiro atoms. The van der Waals surface area contributed by atoms with E-state index < -0.39 is 5.91 Å². The van der Waals surface area contributed by atoms with Crippen molar-refractivity contribution in [1.82, 2.24) is 15.0 Å². The number of hydrogen-bond acceptors (Lipinski definition) is 4. The molecule has 19 heavy (non-hydrogen) atoms. The first-order valence-electron chi connectivity index (χ1n) is 5.57. The Labute approximate surface area is 109 Å². The molecule has 96 valence electrons. The van der Waals surface area contributed by atoms with Gasteiger partial charge in [-0.05, 0) is 18.2 Å². The van der Waals surface area contributed by atoms with Crippen LogP contribution in [0.1, 0.15) is 15.9 Å². The van der Waals surface area contributed by atoms with E-state index in [-0.39, 0.29) is 11.1 Å². The third-order valence-corrected chi connectivity index (χ3v) is 2.43. The van der Waals surface area contributed by atoms with Crippen LogP contribution in [0.3, 0.4) is 0 Å². The standard InChI is InChI=1S/C13H12N4O2/c1-17-7-3-5-11(13(17)19)12(18)16-15-9-10-4-2-6-14-8-10/h2-9H,1H3,(H,16,18)/b15-9-. The second kappa shape index (κ2) is 5.72. The second-order valence-corrected chi connectivity index (χ2v) is 3.82. The van der Waals surface area contributed by atoms with Crippen molar-refractivity contribution in [3.8, 4) is 0 Å². The molecule has 0 aromatic carbocycles. The van der Waals surface area contributed by atoms with Gasteiger partial charge in [-0.1, -0.05) is 6.07 Å². The monoisotopic (exact) mass is 256 g/mol. The molecule has 6 nitrogen and oxygen atoms in total. The van der Waals surface area contributed by atoms with Gasteiger partial charge < -0.3 is 4.57 Å². The summed E-state index contributed by atoms with van der Waals surface area (Å²) >= 11 is 0. The van der Waals surface area contributed by atoms with Crippen molar-refractivity contribution in [2.45, 2.75) is 0 Å². The van der Waals surface area contributed by atoms with Crippen LogP contribution in [0.4, 0.5) is 0 Å². The zero-order chi connectivity index (χ0) is 13.7. The number of nitrogens with zero attached hydrogens (tertiary/aromatic N) is 3. The molecule has 0 radical (unpaired) electrons. The molecule has 0 aliphatic rings. The molecule has 0 saturated carbocycles. The summed E-state index contributed by atoms with van der Waals surface area (Å²) in [6, 6.07) is 6.64. The maximum Gasteiger partial charge on any atom is 0.276 e. The van der Waals surface area contributed by atoms with Crippen LogP contribution < -0.4 is 11.0 Å². The number of nitrogens with one attached hydrogen (secondary N) is 1. The molecule has 2 aromatic rings. The predicted molar refractivity (Wildman–Crippen MR) is 71.0 cm³/mol. The summed E-state index contributed by atoms with van der Waals surface area (Å²) in [4.78, 5) is 27.3. The van der Waals surface area contributed by atoms with E-state index >= 15 is 0 Å². The number of rotatable bonds is 3. The highest BCUT2D eigenvalue weighted by molar-refractivity contribution is 5.94. The topological polar surface area (TPSA) is 76.3 Å². The number of aryl methyl sites for hydroxylation is 1. The average molecular weight is 256 g/mol. The Morgan fingerprint density at radius 1 is 1.42 bits per heavy atom. The lowest BCUT2D eigenvalue weighted by Crippen LogP contribution is -2.29. The van der Waals surface area contributed by atoms with Gasteiger partial charge in [0, 0.05) is 31.2 Å². The fraction of sp³-hybridized carbons (Fsp3) is 0.0769. The van der Waals surface area contributed by atoms with Crippen LogP contribution in [0.15, 0.2) is 52.8 Å². The summed E-state index contributed by atoms with van der Waals surface area (Å²) in [5.41, 5.74) is 2.74. The van der Waals surface area contributed by atoms with Crippen LogP contribution in [0.2, 0.25) is 0 Å². The highest BCUT2D eigenvalue weighted by Crippen LogP contribution is 1.92. The van der Waals surface area contributed by atoms with Crippen molar-refractivity contribution < 1.29 is 4.79 Å². The molecule has 0 aliphatic heterocycles. The van der Waals surface area contributed by atoms with E-state index in [1.165, 1.54) is 16.8 Å². The van der Waals surface area contributed by atoms with E-state index in [0.717, 1.165) is 5.56 Å². The van der Waals surface area contributed by atoms with Crippen LogP contribution in [-0.2, 0) is 7.05 Å². The third-order valence-electron chi connectivity index (χ3n) is 2.43. The summed E-state index contributed by atoms with van der Waals surface area (Å²) in [7, 11) is 1.58. The summed E-state index contributed by atoms with van der Waals surface area (Å²) < 4.78 is 1.33. The number of aromatic nitrogens is 2. The van der Waals surface area contributed by atoms with Gasteiger partial charge in [-0.15, -0.1) is 0 Å². The highest BCUT2D eigenvalue weighted by atomic mass is 16.2. The Bertz CT molecular complexity index is 662. The van der Waals surface area contributed by atoms with Gasteiger partial charge in [-0.3, -0.25) is 14.6 Å². The molecule has 0 saturated heterocycles. The Kier molecular flexibility index (Phi) is 3.82. The number of pyridine rings is 2. The number of hydrogen-bond donors (Lipinski definition) is 1. The first-order valence-corrected chi connectivity index (χ1v) is 5.57. The zero-order valence-electron chi connectivity index (χ0n) is 10.3. The number of carbonyl (C=O) groups is 1. The molecule has 2 aromatic heterocycles. The summed E-state index contributed by atoms with van der Waals surface area (Å²) in [5.74, 6) is -0.540. The molecule has 2 rings (SSSR count). The van der Waals surface area contributed by atoms with E-state index in [4.69, 9.17) is 0 Å². The minimum absolute atomic E-state index is 0.0494. The van der Waals surface area contributed by atoms with Crippen LogP contribution in [0.5, 0.6) is 0 Å². The fourth-order valence-electron chi connectivity index (χ4n) is 1.45. The van der Waals surface area contributed by atoms with Gasteiger partial charge >= 0.3 is 0 Å². The number of hydrazone groups is 1. The van der Waals surface area contributed by atoms with E-state index in [1.54, 1.807) is 43.8 Å². The molecule has 6 heteroatoms. The van der Waals surface area contributed by atoms with E-state index in [9.17, 15) is 9.59 Å². The smallest absolute Gasteiger partial charge is 0.276 e. The third kappa shape index (κ3) is 3.12. The number of carbonyl (C=O) groups excluding carboxylic acids is 1. The van der Waals surface area contributed by atoms with Crippen molar-refractivity contribution in [1.29, 1.82) is 0 Å². The molecule has 1 amide bonds. The Morgan fingerprint density at radius 2 is 2.26 bits per heavy atom. The molecule has 1 N–H and O–H groups in total. The van der Waals surface area contributed by atoms with Gasteiger partial charge in [0.05, 0.1) is 6.21 Å². The molecule has 0 bridgehead atoms. The Hall–Kier alpha value is -2.76. The van der Waals surface area contributed by atoms with Gasteiger partial charge in [0.2, 0.25) is 0 Å². The highest BCUT2D eigenvalue weighted by Gasteiger charge is 2.09. The van der Waals surface area contributed by atoms with Crippen molar-refractivity contribution >= 4 is 12.1 Å². The lowest BCUT2D eigenvalue weighted by Gasteiger charge is -2.01. The van der Waals surface area contributed by atoms with Crippen LogP contribution in [-0.4, -0.2) is 21.7 Å². The molecular weight excluding hydrogens is 244 g/mol. The zero-order valence-corrected chi connectivity index (χ0v) is 10.3. The molecule has 0 unspecified atom stereocenters. The van der Waals surface area contributed by atoms with Crippen molar-refractivity contribution in [3.63, 3.8) is 0 Å². The number of amides is 1. The molecule has 0 aliphatic carbocycles. The fourth-order valence-corrected chi connectivity index (χ4v) is 1.45. The van der Waals surface area contributed by atoms with Crippen LogP contribution >= 0.6 is 0 Å². The first-order chi connectivity index (χ1) is 9.18. The van der Waals surface area contributed by atoms with Crippen molar-refractivity contribution in [2.24, 2.45) is 12.1 Å². The summed E-state index contributed by atoms with van der Waals surface area (Å²) in [6.45, 7) is 0. The van der Waals surface area contributed by atoms with Gasteiger partial charge in [-0.25, -0.2) is 5.43 Å². The van der Waals surface area contributed by atoms with Gasteiger partial charge in [-0.2, -0.15) is 5.10 Å². The predicted octanol–water partition coefficient (Wildman–Crippen LogP) is 0.544. The Morgan fingerprint density at radius 3 is 3.00 bits per heavy atom. The molecule has 2 heterocycles. The van der Waals surface area contributed by atoms with Gasteiger partial charge in [0.1, 0.15) is 5.56 Å². The lowest BCUT2D eigenvalue weighted by molar-refractivity contribution is 0.0953. The van der Waals surface area contributed by atoms with E-state index in [2.05, 4.69) is 15.5 Å². The molecular formula is C13H12N4O2. The maximum atomic E-state index is 11.8. The maximum absolute atomic E-state index is 11.8. The van der Waals surface area contributed by atoms with Crippen molar-refractivity contribution in [2.75, 3.05) is 0 Å². The van der Waals surface area contributed by atoms with Crippen LogP contribution in [0.25, 0.3) is 0 Å². The van der Waals surface area contributed by atoms with Gasteiger partial charge in [0.15, 0.2) is 0 Å². The van der Waals surface area contributed by atoms with E-state index in [1.807, 2.05) is 0 Å². The Balaban J connectivity index is 2.08. The average Bonchev–Trinajstić information content (AvgIpc) is 2.43. The quantitative estimate of drug-likeness (QED) is 0.643. The largest absolute Gasteiger partial charge is 0.318 e. The summed E-state index contributed by atoms with van der Waals surface area (Å²) in [6.07, 6.45) is 6.29. The second-order valence-electron chi connectivity index (χ2n) is 3.82. The lowest BCUT2D eigenvalue weighted by atomic mass is 10.2. The normalized spacial score (nSPS) is 10.6. The molecule has 0 atom stereocenters. The SMILES string of the molecule is Cn1cccc(C(=O)N/N=C\c2cccnc2)c1=O. The first kappa shape index (κ1) is 12.7. The minimum Gasteiger partial charge on any atom is -0.318 e. The minimum atomic E-state index is -0.540.